The zero-order valence-corrected chi connectivity index (χ0v) is 21.0. The predicted octanol–water partition coefficient (Wildman–Crippen LogP) is 7.33. The normalized spacial score (nSPS) is 10.6. The van der Waals surface area contributed by atoms with Crippen LogP contribution < -0.4 is 14.8 Å². The molecule has 11 nitrogen and oxygen atoms in total. The van der Waals surface area contributed by atoms with Gasteiger partial charge in [-0.15, -0.1) is 0 Å². The molecule has 0 aliphatic rings. The van der Waals surface area contributed by atoms with Crippen LogP contribution in [0.3, 0.4) is 0 Å². The number of nitro benzene ring substituents is 2. The van der Waals surface area contributed by atoms with Gasteiger partial charge in [-0.25, -0.2) is 0 Å². The number of furan rings is 1. The van der Waals surface area contributed by atoms with E-state index in [2.05, 4.69) is 5.32 Å². The lowest BCUT2D eigenvalue weighted by atomic mass is 10.2. The van der Waals surface area contributed by atoms with E-state index >= 15 is 0 Å². The Balaban J connectivity index is 1.47. The molecule has 13 heteroatoms. The number of anilines is 1. The van der Waals surface area contributed by atoms with E-state index in [1.54, 1.807) is 25.1 Å². The van der Waals surface area contributed by atoms with E-state index < -0.39 is 15.8 Å². The fourth-order valence-corrected chi connectivity index (χ4v) is 3.56. The highest BCUT2D eigenvalue weighted by Crippen LogP contribution is 2.32. The van der Waals surface area contributed by atoms with Crippen molar-refractivity contribution in [2.45, 2.75) is 13.5 Å². The van der Waals surface area contributed by atoms with E-state index in [4.69, 9.17) is 37.1 Å². The van der Waals surface area contributed by atoms with Crippen LogP contribution in [0.2, 0.25) is 10.0 Å². The summed E-state index contributed by atoms with van der Waals surface area (Å²) in [4.78, 5) is 33.9. The quantitative estimate of drug-likeness (QED) is 0.166. The van der Waals surface area contributed by atoms with E-state index in [1.165, 1.54) is 48.5 Å². The summed E-state index contributed by atoms with van der Waals surface area (Å²) in [5, 5.41) is 25.6. The number of non-ortho nitro benzene ring substituents is 2. The van der Waals surface area contributed by atoms with Crippen molar-refractivity contribution in [2.24, 2.45) is 0 Å². The van der Waals surface area contributed by atoms with E-state index in [0.717, 1.165) is 5.56 Å². The number of aryl methyl sites for hydroxylation is 1. The van der Waals surface area contributed by atoms with Crippen LogP contribution in [-0.2, 0) is 6.61 Å². The van der Waals surface area contributed by atoms with Gasteiger partial charge in [0.1, 0.15) is 29.6 Å². The fourth-order valence-electron chi connectivity index (χ4n) is 3.27. The molecule has 0 aliphatic carbocycles. The molecule has 0 radical (unpaired) electrons. The number of hydrogen-bond donors (Lipinski definition) is 1. The molecule has 0 spiro atoms. The van der Waals surface area contributed by atoms with Crippen molar-refractivity contribution in [3.63, 3.8) is 0 Å². The highest BCUT2D eigenvalue weighted by Gasteiger charge is 2.17. The Labute approximate surface area is 224 Å². The Kier molecular flexibility index (Phi) is 7.79. The minimum Gasteiger partial charge on any atom is -0.484 e. The third-order valence-corrected chi connectivity index (χ3v) is 5.84. The van der Waals surface area contributed by atoms with Gasteiger partial charge in [-0.2, -0.15) is 0 Å². The zero-order chi connectivity index (χ0) is 27.4. The summed E-state index contributed by atoms with van der Waals surface area (Å²) in [6.07, 6.45) is 0. The highest BCUT2D eigenvalue weighted by molar-refractivity contribution is 6.32. The van der Waals surface area contributed by atoms with E-state index in [9.17, 15) is 25.0 Å². The molecule has 0 fully saturated rings. The van der Waals surface area contributed by atoms with Crippen molar-refractivity contribution in [3.05, 3.63) is 114 Å². The van der Waals surface area contributed by atoms with E-state index in [1.807, 2.05) is 0 Å². The molecule has 194 valence electrons. The lowest BCUT2D eigenvalue weighted by molar-refractivity contribution is -0.385. The molecule has 0 saturated carbocycles. The number of nitro groups is 2. The Morgan fingerprint density at radius 1 is 0.895 bits per heavy atom. The summed E-state index contributed by atoms with van der Waals surface area (Å²) in [7, 11) is 0. The minimum absolute atomic E-state index is 0.0725. The molecule has 1 aromatic heterocycles. The molecule has 1 amide bonds. The molecule has 0 atom stereocenters. The standard InChI is InChI=1S/C25H17Cl2N3O8/c1-14-8-18(3-6-21(14)26)37-20-10-15(9-17(11-20)30(34)35)28-25(31)23-7-4-19(38-23)13-36-24-12-16(29(32)33)2-5-22(24)27/h2-12H,13H2,1H3,(H,28,31). The van der Waals surface area contributed by atoms with Gasteiger partial charge >= 0.3 is 0 Å². The van der Waals surface area contributed by atoms with Crippen molar-refractivity contribution in [2.75, 3.05) is 5.32 Å². The maximum atomic E-state index is 12.7. The van der Waals surface area contributed by atoms with Gasteiger partial charge in [0.2, 0.25) is 0 Å². The number of hydrogen-bond acceptors (Lipinski definition) is 8. The van der Waals surface area contributed by atoms with Crippen molar-refractivity contribution >= 4 is 46.2 Å². The van der Waals surface area contributed by atoms with Gasteiger partial charge in [0.15, 0.2) is 5.76 Å². The number of nitrogens with zero attached hydrogens (tertiary/aromatic N) is 2. The van der Waals surface area contributed by atoms with Crippen molar-refractivity contribution in [1.29, 1.82) is 0 Å². The summed E-state index contributed by atoms with van der Waals surface area (Å²) < 4.78 is 16.7. The van der Waals surface area contributed by atoms with E-state index in [-0.39, 0.29) is 51.7 Å². The molecule has 0 bridgehead atoms. The van der Waals surface area contributed by atoms with Crippen molar-refractivity contribution in [1.82, 2.24) is 0 Å². The van der Waals surface area contributed by atoms with Crippen LogP contribution in [0.25, 0.3) is 0 Å². The first-order valence-corrected chi connectivity index (χ1v) is 11.5. The van der Waals surface area contributed by atoms with Gasteiger partial charge in [0.05, 0.1) is 32.7 Å². The second kappa shape index (κ2) is 11.2. The van der Waals surface area contributed by atoms with Gasteiger partial charge < -0.3 is 19.2 Å². The number of nitrogens with one attached hydrogen (secondary N) is 1. The summed E-state index contributed by atoms with van der Waals surface area (Å²) in [6, 6.07) is 15.4. The molecule has 0 saturated heterocycles. The zero-order valence-electron chi connectivity index (χ0n) is 19.5. The molecule has 1 heterocycles. The van der Waals surface area contributed by atoms with Gasteiger partial charge in [-0.1, -0.05) is 23.2 Å². The molecule has 0 aliphatic heterocycles. The van der Waals surface area contributed by atoms with Crippen LogP contribution in [0.15, 0.2) is 71.1 Å². The third-order valence-electron chi connectivity index (χ3n) is 5.11. The first-order valence-electron chi connectivity index (χ1n) is 10.8. The third kappa shape index (κ3) is 6.38. The predicted molar refractivity (Wildman–Crippen MR) is 138 cm³/mol. The van der Waals surface area contributed by atoms with Crippen molar-refractivity contribution in [3.8, 4) is 17.2 Å². The Morgan fingerprint density at radius 2 is 1.63 bits per heavy atom. The molecule has 1 N–H and O–H groups in total. The number of carbonyl (C=O) groups excluding carboxylic acids is 1. The van der Waals surface area contributed by atoms with Gasteiger partial charge in [-0.05, 0) is 48.9 Å². The molecule has 4 rings (SSSR count). The van der Waals surface area contributed by atoms with Crippen LogP contribution in [0.4, 0.5) is 17.1 Å². The monoisotopic (exact) mass is 557 g/mol. The molecule has 4 aromatic rings. The summed E-state index contributed by atoms with van der Waals surface area (Å²) in [5.41, 5.74) is 0.359. The average molecular weight is 558 g/mol. The molecule has 0 unspecified atom stereocenters. The lowest BCUT2D eigenvalue weighted by Crippen LogP contribution is -2.11. The molecular weight excluding hydrogens is 541 g/mol. The fraction of sp³-hybridized carbons (Fsp3) is 0.0800. The van der Waals surface area contributed by atoms with E-state index in [0.29, 0.717) is 10.8 Å². The number of rotatable bonds is 9. The maximum Gasteiger partial charge on any atom is 0.291 e. The van der Waals surface area contributed by atoms with Gasteiger partial charge in [-0.3, -0.25) is 25.0 Å². The summed E-state index contributed by atoms with van der Waals surface area (Å²) >= 11 is 12.0. The van der Waals surface area contributed by atoms with Gasteiger partial charge in [0, 0.05) is 23.2 Å². The SMILES string of the molecule is Cc1cc(Oc2cc(NC(=O)c3ccc(COc4cc([N+](=O)[O-])ccc4Cl)o3)cc([N+](=O)[O-])c2)ccc1Cl. The number of amides is 1. The number of carbonyl (C=O) groups is 1. The lowest BCUT2D eigenvalue weighted by Gasteiger charge is -2.10. The summed E-state index contributed by atoms with van der Waals surface area (Å²) in [5.74, 6) is 0.0550. The maximum absolute atomic E-state index is 12.7. The second-order valence-corrected chi connectivity index (χ2v) is 8.68. The molecular formula is C25H17Cl2N3O8. The molecule has 38 heavy (non-hydrogen) atoms. The van der Waals surface area contributed by atoms with Crippen LogP contribution in [0.5, 0.6) is 17.2 Å². The number of ether oxygens (including phenoxy) is 2. The average Bonchev–Trinajstić information content (AvgIpc) is 3.35. The Bertz CT molecular complexity index is 1550. The second-order valence-electron chi connectivity index (χ2n) is 7.87. The van der Waals surface area contributed by atoms with Crippen molar-refractivity contribution < 1.29 is 28.5 Å². The smallest absolute Gasteiger partial charge is 0.291 e. The summed E-state index contributed by atoms with van der Waals surface area (Å²) in [6.45, 7) is 1.62. The number of halogens is 2. The van der Waals surface area contributed by atoms with Crippen LogP contribution in [-0.4, -0.2) is 15.8 Å². The minimum atomic E-state index is -0.682. The highest BCUT2D eigenvalue weighted by atomic mass is 35.5. The first kappa shape index (κ1) is 26.5. The molecule has 3 aromatic carbocycles. The number of benzene rings is 3. The van der Waals surface area contributed by atoms with Crippen LogP contribution in [0, 0.1) is 27.2 Å². The largest absolute Gasteiger partial charge is 0.484 e. The Hall–Kier alpha value is -4.61. The first-order chi connectivity index (χ1) is 18.1. The Morgan fingerprint density at radius 3 is 2.34 bits per heavy atom. The topological polar surface area (TPSA) is 147 Å². The van der Waals surface area contributed by atoms with Crippen LogP contribution >= 0.6 is 23.2 Å². The van der Waals surface area contributed by atoms with Crippen LogP contribution in [0.1, 0.15) is 21.9 Å². The van der Waals surface area contributed by atoms with Gasteiger partial charge in [0.25, 0.3) is 17.3 Å².